The van der Waals surface area contributed by atoms with E-state index in [1.165, 1.54) is 6.07 Å². The summed E-state index contributed by atoms with van der Waals surface area (Å²) < 4.78 is 31.0. The smallest absolute Gasteiger partial charge is 0.253 e. The first-order valence-electron chi connectivity index (χ1n) is 9.76. The van der Waals surface area contributed by atoms with Gasteiger partial charge in [-0.25, -0.2) is 8.42 Å². The van der Waals surface area contributed by atoms with Crippen molar-refractivity contribution >= 4 is 44.8 Å². The second kappa shape index (κ2) is 10.1. The maximum absolute atomic E-state index is 12.7. The standard InChI is InChI=1S/C21H24ClN3O5S/c1-31(28,29)25(19-11-5-3-9-17(19)22)14-20(26)24-18-10-4-2-8-16(18)21(27)23-13-15-7-6-12-30-15/h2-5,8-11,15H,6-7,12-14H2,1H3,(H,23,27)(H,24,26)/t15-/m0/s1. The normalized spacial score (nSPS) is 16.0. The number of carbonyl (C=O) groups is 2. The highest BCUT2D eigenvalue weighted by atomic mass is 35.5. The SMILES string of the molecule is CS(=O)(=O)N(CC(=O)Nc1ccccc1C(=O)NC[C@@H]1CCCO1)c1ccccc1Cl. The Morgan fingerprint density at radius 1 is 1.16 bits per heavy atom. The molecule has 166 valence electrons. The molecule has 1 aliphatic heterocycles. The van der Waals surface area contributed by atoms with Gasteiger partial charge in [0.2, 0.25) is 15.9 Å². The zero-order valence-corrected chi connectivity index (χ0v) is 18.6. The number of nitrogens with one attached hydrogen (secondary N) is 2. The van der Waals surface area contributed by atoms with Crippen molar-refractivity contribution in [1.82, 2.24) is 5.32 Å². The highest BCUT2D eigenvalue weighted by Gasteiger charge is 2.24. The molecule has 1 heterocycles. The average molecular weight is 466 g/mol. The molecule has 0 aliphatic carbocycles. The average Bonchev–Trinajstić information content (AvgIpc) is 3.24. The van der Waals surface area contributed by atoms with Crippen LogP contribution in [0.4, 0.5) is 11.4 Å². The molecule has 1 saturated heterocycles. The van der Waals surface area contributed by atoms with Gasteiger partial charge in [-0.05, 0) is 37.1 Å². The second-order valence-corrected chi connectivity index (χ2v) is 9.47. The van der Waals surface area contributed by atoms with Crippen LogP contribution in [-0.4, -0.2) is 52.3 Å². The highest BCUT2D eigenvalue weighted by Crippen LogP contribution is 2.27. The van der Waals surface area contributed by atoms with Gasteiger partial charge in [-0.15, -0.1) is 0 Å². The van der Waals surface area contributed by atoms with Crippen molar-refractivity contribution in [2.45, 2.75) is 18.9 Å². The Morgan fingerprint density at radius 3 is 2.55 bits per heavy atom. The largest absolute Gasteiger partial charge is 0.376 e. The van der Waals surface area contributed by atoms with Crippen LogP contribution in [-0.2, 0) is 19.6 Å². The number of hydrogen-bond acceptors (Lipinski definition) is 5. The summed E-state index contributed by atoms with van der Waals surface area (Å²) in [7, 11) is -3.78. The maximum Gasteiger partial charge on any atom is 0.253 e. The van der Waals surface area contributed by atoms with Crippen molar-refractivity contribution in [2.24, 2.45) is 0 Å². The highest BCUT2D eigenvalue weighted by molar-refractivity contribution is 7.92. The predicted octanol–water partition coefficient (Wildman–Crippen LogP) is 2.65. The van der Waals surface area contributed by atoms with E-state index in [2.05, 4.69) is 10.6 Å². The second-order valence-electron chi connectivity index (χ2n) is 7.16. The molecule has 0 unspecified atom stereocenters. The molecule has 0 spiro atoms. The zero-order chi connectivity index (χ0) is 22.4. The number of anilines is 2. The van der Waals surface area contributed by atoms with Crippen LogP contribution >= 0.6 is 11.6 Å². The summed E-state index contributed by atoms with van der Waals surface area (Å²) in [6, 6.07) is 12.9. The Morgan fingerprint density at radius 2 is 1.87 bits per heavy atom. The van der Waals surface area contributed by atoms with Crippen molar-refractivity contribution < 1.29 is 22.7 Å². The Balaban J connectivity index is 1.72. The van der Waals surface area contributed by atoms with Crippen LogP contribution in [0.3, 0.4) is 0 Å². The molecule has 2 amide bonds. The molecule has 0 saturated carbocycles. The molecule has 1 aliphatic rings. The first-order valence-corrected chi connectivity index (χ1v) is 12.0. The minimum absolute atomic E-state index is 0.00959. The van der Waals surface area contributed by atoms with E-state index in [9.17, 15) is 18.0 Å². The monoisotopic (exact) mass is 465 g/mol. The van der Waals surface area contributed by atoms with Gasteiger partial charge in [-0.3, -0.25) is 13.9 Å². The number of sulfonamides is 1. The van der Waals surface area contributed by atoms with Crippen LogP contribution in [0.2, 0.25) is 5.02 Å². The number of halogens is 1. The van der Waals surface area contributed by atoms with Crippen LogP contribution in [0, 0.1) is 0 Å². The molecule has 0 aromatic heterocycles. The summed E-state index contributed by atoms with van der Waals surface area (Å²) in [5, 5.41) is 5.65. The number of hydrogen-bond donors (Lipinski definition) is 2. The van der Waals surface area contributed by atoms with Gasteiger partial charge in [-0.2, -0.15) is 0 Å². The fourth-order valence-electron chi connectivity index (χ4n) is 3.25. The number of ether oxygens (including phenoxy) is 1. The zero-order valence-electron chi connectivity index (χ0n) is 17.0. The molecule has 10 heteroatoms. The van der Waals surface area contributed by atoms with Gasteiger partial charge in [0.25, 0.3) is 5.91 Å². The van der Waals surface area contributed by atoms with Crippen molar-refractivity contribution in [2.75, 3.05) is 35.6 Å². The van der Waals surface area contributed by atoms with Gasteiger partial charge < -0.3 is 15.4 Å². The summed E-state index contributed by atoms with van der Waals surface area (Å²) in [6.45, 7) is 0.583. The van der Waals surface area contributed by atoms with E-state index >= 15 is 0 Å². The van der Waals surface area contributed by atoms with E-state index in [4.69, 9.17) is 16.3 Å². The topological polar surface area (TPSA) is 105 Å². The lowest BCUT2D eigenvalue weighted by Crippen LogP contribution is -2.38. The molecule has 0 bridgehead atoms. The lowest BCUT2D eigenvalue weighted by Gasteiger charge is -2.23. The Hall–Kier alpha value is -2.62. The lowest BCUT2D eigenvalue weighted by molar-refractivity contribution is -0.114. The first kappa shape index (κ1) is 23.1. The number of benzene rings is 2. The fraction of sp³-hybridized carbons (Fsp3) is 0.333. The van der Waals surface area contributed by atoms with Gasteiger partial charge in [0.15, 0.2) is 0 Å². The number of rotatable bonds is 8. The quantitative estimate of drug-likeness (QED) is 0.623. The molecular weight excluding hydrogens is 442 g/mol. The van der Waals surface area contributed by atoms with E-state index in [1.54, 1.807) is 42.5 Å². The lowest BCUT2D eigenvalue weighted by atomic mass is 10.1. The van der Waals surface area contributed by atoms with Crippen molar-refractivity contribution in [3.05, 3.63) is 59.1 Å². The minimum Gasteiger partial charge on any atom is -0.376 e. The van der Waals surface area contributed by atoms with E-state index in [-0.39, 0.29) is 34.0 Å². The van der Waals surface area contributed by atoms with Gasteiger partial charge >= 0.3 is 0 Å². The third-order valence-electron chi connectivity index (χ3n) is 4.77. The molecular formula is C21H24ClN3O5S. The Bertz CT molecular complexity index is 1050. The molecule has 0 radical (unpaired) electrons. The maximum atomic E-state index is 12.7. The van der Waals surface area contributed by atoms with E-state index < -0.39 is 22.5 Å². The van der Waals surface area contributed by atoms with Crippen LogP contribution in [0.5, 0.6) is 0 Å². The van der Waals surface area contributed by atoms with Gasteiger partial charge in [0.1, 0.15) is 6.54 Å². The van der Waals surface area contributed by atoms with Crippen molar-refractivity contribution in [3.8, 4) is 0 Å². The van der Waals surface area contributed by atoms with E-state index in [0.717, 1.165) is 23.4 Å². The number of nitrogens with zero attached hydrogens (tertiary/aromatic N) is 1. The van der Waals surface area contributed by atoms with Crippen LogP contribution < -0.4 is 14.9 Å². The number of carbonyl (C=O) groups excluding carboxylic acids is 2. The number of amides is 2. The summed E-state index contributed by atoms with van der Waals surface area (Å²) in [6.07, 6.45) is 2.85. The molecule has 1 fully saturated rings. The Labute approximate surface area is 186 Å². The van der Waals surface area contributed by atoms with Crippen LogP contribution in [0.15, 0.2) is 48.5 Å². The van der Waals surface area contributed by atoms with Crippen molar-refractivity contribution in [1.29, 1.82) is 0 Å². The predicted molar refractivity (Wildman–Crippen MR) is 120 cm³/mol. The summed E-state index contributed by atoms with van der Waals surface area (Å²) in [5.41, 5.74) is 0.756. The van der Waals surface area contributed by atoms with E-state index in [1.807, 2.05) is 0 Å². The first-order chi connectivity index (χ1) is 14.8. The third-order valence-corrected chi connectivity index (χ3v) is 6.21. The number of para-hydroxylation sites is 2. The molecule has 3 rings (SSSR count). The van der Waals surface area contributed by atoms with E-state index in [0.29, 0.717) is 13.2 Å². The minimum atomic E-state index is -3.78. The van der Waals surface area contributed by atoms with Crippen LogP contribution in [0.1, 0.15) is 23.2 Å². The fourth-order valence-corrected chi connectivity index (χ4v) is 4.41. The molecule has 2 N–H and O–H groups in total. The van der Waals surface area contributed by atoms with Crippen molar-refractivity contribution in [3.63, 3.8) is 0 Å². The van der Waals surface area contributed by atoms with Crippen LogP contribution in [0.25, 0.3) is 0 Å². The third kappa shape index (κ3) is 6.19. The molecule has 1 atom stereocenters. The molecule has 2 aromatic rings. The van der Waals surface area contributed by atoms with Gasteiger partial charge in [-0.1, -0.05) is 35.9 Å². The summed E-state index contributed by atoms with van der Waals surface area (Å²) in [5.74, 6) is -0.956. The van der Waals surface area contributed by atoms with Gasteiger partial charge in [0.05, 0.1) is 34.3 Å². The molecule has 8 nitrogen and oxygen atoms in total. The summed E-state index contributed by atoms with van der Waals surface area (Å²) >= 11 is 6.12. The summed E-state index contributed by atoms with van der Waals surface area (Å²) in [4.78, 5) is 25.3. The van der Waals surface area contributed by atoms with Gasteiger partial charge in [0, 0.05) is 13.2 Å². The molecule has 31 heavy (non-hydrogen) atoms. The molecule has 2 aromatic carbocycles. The Kier molecular flexibility index (Phi) is 7.53.